The Morgan fingerprint density at radius 1 is 1.26 bits per heavy atom. The number of hydrogen-bond acceptors (Lipinski definition) is 4. The molecule has 3 rings (SSSR count). The van der Waals surface area contributed by atoms with Crippen molar-refractivity contribution in [2.45, 2.75) is 0 Å². The number of rotatable bonds is 4. The highest BCUT2D eigenvalue weighted by Gasteiger charge is 2.08. The lowest BCUT2D eigenvalue weighted by Gasteiger charge is -2.07. The molecule has 1 N–H and O–H groups in total. The van der Waals surface area contributed by atoms with E-state index in [-0.39, 0.29) is 16.9 Å². The summed E-state index contributed by atoms with van der Waals surface area (Å²) >= 11 is 0. The molecular formula is C18H16FN5O3. The molecule has 0 aliphatic rings. The summed E-state index contributed by atoms with van der Waals surface area (Å²) in [6.45, 7) is 0. The van der Waals surface area contributed by atoms with Crippen LogP contribution in [0.2, 0.25) is 0 Å². The molecule has 0 aliphatic carbocycles. The van der Waals surface area contributed by atoms with E-state index in [1.54, 1.807) is 12.3 Å². The van der Waals surface area contributed by atoms with Crippen LogP contribution >= 0.6 is 0 Å². The number of nitrogens with zero attached hydrogens (tertiary/aromatic N) is 4. The number of carbonyl (C=O) groups excluding carboxylic acids is 1. The minimum Gasteiger partial charge on any atom is -0.322 e. The van der Waals surface area contributed by atoms with Gasteiger partial charge in [-0.1, -0.05) is 0 Å². The van der Waals surface area contributed by atoms with Gasteiger partial charge in [-0.25, -0.2) is 13.9 Å². The van der Waals surface area contributed by atoms with Crippen LogP contribution in [0.5, 0.6) is 0 Å². The standard InChI is InChI=1S/C18H16FN5O3/c1-22-11-12(17(26)23(2)18(22)27)4-7-16(25)21-13-5-6-15(14(19)10-13)24-9-3-8-20-24/h3-11H,1-2H3,(H,21,25). The number of hydrogen-bond donors (Lipinski definition) is 1. The minimum atomic E-state index is -0.549. The van der Waals surface area contributed by atoms with Crippen LogP contribution in [-0.2, 0) is 18.9 Å². The molecule has 0 unspecified atom stereocenters. The minimum absolute atomic E-state index is 0.176. The molecule has 0 saturated carbocycles. The van der Waals surface area contributed by atoms with Gasteiger partial charge in [0, 0.05) is 44.4 Å². The maximum atomic E-state index is 14.2. The van der Waals surface area contributed by atoms with Crippen molar-refractivity contribution in [3.8, 4) is 5.69 Å². The monoisotopic (exact) mass is 369 g/mol. The molecule has 0 bridgehead atoms. The quantitative estimate of drug-likeness (QED) is 0.696. The highest BCUT2D eigenvalue weighted by Crippen LogP contribution is 2.17. The van der Waals surface area contributed by atoms with Crippen molar-refractivity contribution < 1.29 is 9.18 Å². The van der Waals surface area contributed by atoms with E-state index in [9.17, 15) is 18.8 Å². The Balaban J connectivity index is 1.77. The van der Waals surface area contributed by atoms with Crippen molar-refractivity contribution in [2.24, 2.45) is 14.1 Å². The Hall–Kier alpha value is -3.75. The molecule has 0 saturated heterocycles. The average molecular weight is 369 g/mol. The molecular weight excluding hydrogens is 353 g/mol. The molecule has 2 aromatic heterocycles. The first-order valence-electron chi connectivity index (χ1n) is 7.92. The van der Waals surface area contributed by atoms with Gasteiger partial charge in [-0.2, -0.15) is 5.10 Å². The lowest BCUT2D eigenvalue weighted by Crippen LogP contribution is -2.37. The molecule has 1 aromatic carbocycles. The largest absolute Gasteiger partial charge is 0.330 e. The summed E-state index contributed by atoms with van der Waals surface area (Å²) in [5.74, 6) is -1.09. The van der Waals surface area contributed by atoms with Crippen LogP contribution in [0.15, 0.2) is 58.5 Å². The SMILES string of the molecule is Cn1cc(C=CC(=O)Nc2ccc(-n3cccn3)c(F)c2)c(=O)n(C)c1=O. The van der Waals surface area contributed by atoms with Gasteiger partial charge in [0.25, 0.3) is 5.56 Å². The Morgan fingerprint density at radius 3 is 2.70 bits per heavy atom. The van der Waals surface area contributed by atoms with Crippen LogP contribution in [0.4, 0.5) is 10.1 Å². The smallest absolute Gasteiger partial charge is 0.322 e. The number of anilines is 1. The van der Waals surface area contributed by atoms with Gasteiger partial charge in [0.1, 0.15) is 5.69 Å². The number of aryl methyl sites for hydroxylation is 1. The highest BCUT2D eigenvalue weighted by molar-refractivity contribution is 6.01. The summed E-state index contributed by atoms with van der Waals surface area (Å²) in [5, 5.41) is 6.46. The van der Waals surface area contributed by atoms with Crippen molar-refractivity contribution in [3.05, 3.63) is 81.2 Å². The lowest BCUT2D eigenvalue weighted by molar-refractivity contribution is -0.111. The van der Waals surface area contributed by atoms with Crippen molar-refractivity contribution >= 4 is 17.7 Å². The first-order valence-corrected chi connectivity index (χ1v) is 7.92. The summed E-state index contributed by atoms with van der Waals surface area (Å²) in [6, 6.07) is 5.87. The molecule has 0 aliphatic heterocycles. The fourth-order valence-electron chi connectivity index (χ4n) is 2.48. The molecule has 0 spiro atoms. The zero-order valence-electron chi connectivity index (χ0n) is 14.6. The lowest BCUT2D eigenvalue weighted by atomic mass is 10.2. The van der Waals surface area contributed by atoms with Crippen molar-refractivity contribution in [2.75, 3.05) is 5.32 Å². The van der Waals surface area contributed by atoms with Gasteiger partial charge in [0.15, 0.2) is 5.82 Å². The van der Waals surface area contributed by atoms with Crippen LogP contribution < -0.4 is 16.6 Å². The molecule has 0 fully saturated rings. The van der Waals surface area contributed by atoms with E-state index in [1.807, 2.05) is 0 Å². The third-order valence-electron chi connectivity index (χ3n) is 3.85. The van der Waals surface area contributed by atoms with Gasteiger partial charge in [0.05, 0.1) is 5.56 Å². The molecule has 0 atom stereocenters. The topological polar surface area (TPSA) is 90.9 Å². The second-order valence-electron chi connectivity index (χ2n) is 5.78. The van der Waals surface area contributed by atoms with Gasteiger partial charge >= 0.3 is 5.69 Å². The number of aromatic nitrogens is 4. The zero-order chi connectivity index (χ0) is 19.6. The summed E-state index contributed by atoms with van der Waals surface area (Å²) in [7, 11) is 2.86. The predicted octanol–water partition coefficient (Wildman–Crippen LogP) is 1.06. The molecule has 2 heterocycles. The third-order valence-corrected chi connectivity index (χ3v) is 3.85. The van der Waals surface area contributed by atoms with Crippen LogP contribution in [0, 0.1) is 5.82 Å². The molecule has 1 amide bonds. The Kier molecular flexibility index (Phi) is 4.84. The first kappa shape index (κ1) is 18.1. The normalized spacial score (nSPS) is 11.1. The van der Waals surface area contributed by atoms with E-state index in [2.05, 4.69) is 10.4 Å². The second kappa shape index (κ2) is 7.24. The molecule has 3 aromatic rings. The van der Waals surface area contributed by atoms with E-state index in [1.165, 1.54) is 60.0 Å². The Labute approximate surface area is 152 Å². The van der Waals surface area contributed by atoms with E-state index < -0.39 is 23.0 Å². The number of nitrogens with one attached hydrogen (secondary N) is 1. The average Bonchev–Trinajstić information content (AvgIpc) is 3.16. The first-order chi connectivity index (χ1) is 12.9. The molecule has 138 valence electrons. The fraction of sp³-hybridized carbons (Fsp3) is 0.111. The van der Waals surface area contributed by atoms with E-state index in [4.69, 9.17) is 0 Å². The van der Waals surface area contributed by atoms with Gasteiger partial charge < -0.3 is 9.88 Å². The van der Waals surface area contributed by atoms with Crippen LogP contribution in [0.1, 0.15) is 5.56 Å². The van der Waals surface area contributed by atoms with Crippen LogP contribution in [-0.4, -0.2) is 24.8 Å². The van der Waals surface area contributed by atoms with E-state index in [0.717, 1.165) is 10.6 Å². The summed E-state index contributed by atoms with van der Waals surface area (Å²) in [5.41, 5.74) is -0.297. The maximum Gasteiger partial charge on any atom is 0.330 e. The number of carbonyl (C=O) groups is 1. The number of halogens is 1. The number of benzene rings is 1. The molecule has 27 heavy (non-hydrogen) atoms. The maximum absolute atomic E-state index is 14.2. The van der Waals surface area contributed by atoms with Crippen molar-refractivity contribution in [3.63, 3.8) is 0 Å². The van der Waals surface area contributed by atoms with Gasteiger partial charge in [0.2, 0.25) is 5.91 Å². The predicted molar refractivity (Wildman–Crippen MR) is 98.1 cm³/mol. The fourth-order valence-corrected chi connectivity index (χ4v) is 2.48. The molecule has 0 radical (unpaired) electrons. The van der Waals surface area contributed by atoms with E-state index >= 15 is 0 Å². The van der Waals surface area contributed by atoms with Gasteiger partial charge in [-0.3, -0.25) is 14.2 Å². The molecule has 9 heteroatoms. The molecule has 8 nitrogen and oxygen atoms in total. The van der Waals surface area contributed by atoms with Crippen LogP contribution in [0.25, 0.3) is 11.8 Å². The highest BCUT2D eigenvalue weighted by atomic mass is 19.1. The summed E-state index contributed by atoms with van der Waals surface area (Å²) in [4.78, 5) is 35.7. The van der Waals surface area contributed by atoms with Gasteiger partial charge in [-0.05, 0) is 30.3 Å². The summed E-state index contributed by atoms with van der Waals surface area (Å²) in [6.07, 6.45) is 6.91. The summed E-state index contributed by atoms with van der Waals surface area (Å²) < 4.78 is 17.7. The Morgan fingerprint density at radius 2 is 2.04 bits per heavy atom. The van der Waals surface area contributed by atoms with E-state index in [0.29, 0.717) is 0 Å². The third kappa shape index (κ3) is 3.76. The zero-order valence-corrected chi connectivity index (χ0v) is 14.6. The van der Waals surface area contributed by atoms with Crippen molar-refractivity contribution in [1.82, 2.24) is 18.9 Å². The van der Waals surface area contributed by atoms with Gasteiger partial charge in [-0.15, -0.1) is 0 Å². The van der Waals surface area contributed by atoms with Crippen LogP contribution in [0.3, 0.4) is 0 Å². The Bertz CT molecular complexity index is 1140. The number of amides is 1. The second-order valence-corrected chi connectivity index (χ2v) is 5.78. The van der Waals surface area contributed by atoms with Crippen molar-refractivity contribution in [1.29, 1.82) is 0 Å².